The normalized spacial score (nSPS) is 10.3. The number of nitrogens with two attached hydrogens (primary N) is 1. The molecule has 0 atom stereocenters. The molecule has 0 unspecified atom stereocenters. The third-order valence-electron chi connectivity index (χ3n) is 2.48. The molecule has 7 heteroatoms. The van der Waals surface area contributed by atoms with Gasteiger partial charge in [0.25, 0.3) is 0 Å². The Labute approximate surface area is 116 Å². The van der Waals surface area contributed by atoms with E-state index in [1.165, 1.54) is 10.9 Å². The molecule has 0 aliphatic rings. The van der Waals surface area contributed by atoms with Gasteiger partial charge < -0.3 is 15.2 Å². The van der Waals surface area contributed by atoms with Crippen LogP contribution < -0.4 is 10.5 Å². The summed E-state index contributed by atoms with van der Waals surface area (Å²) in [6.07, 6.45) is 2.97. The number of carbonyl (C=O) groups is 1. The molecule has 2 aromatic rings. The molecule has 7 nitrogen and oxygen atoms in total. The quantitative estimate of drug-likeness (QED) is 0.830. The summed E-state index contributed by atoms with van der Waals surface area (Å²) in [5, 5.41) is 4.08. The van der Waals surface area contributed by atoms with E-state index in [-0.39, 0.29) is 0 Å². The average Bonchev–Trinajstić information content (AvgIpc) is 2.91. The molecular formula is C13H16N4O3. The fourth-order valence-corrected chi connectivity index (χ4v) is 1.59. The van der Waals surface area contributed by atoms with Crippen LogP contribution in [0.1, 0.15) is 24.2 Å². The first-order chi connectivity index (χ1) is 9.65. The van der Waals surface area contributed by atoms with Crippen molar-refractivity contribution in [2.45, 2.75) is 13.8 Å². The predicted octanol–water partition coefficient (Wildman–Crippen LogP) is 1.42. The van der Waals surface area contributed by atoms with Gasteiger partial charge in [-0.3, -0.25) is 0 Å². The van der Waals surface area contributed by atoms with Gasteiger partial charge in [0.05, 0.1) is 30.7 Å². The van der Waals surface area contributed by atoms with Gasteiger partial charge in [0.1, 0.15) is 0 Å². The minimum Gasteiger partial charge on any atom is -0.476 e. The van der Waals surface area contributed by atoms with Gasteiger partial charge in [-0.25, -0.2) is 9.48 Å². The fourth-order valence-electron chi connectivity index (χ4n) is 1.59. The Morgan fingerprint density at radius 2 is 2.15 bits per heavy atom. The highest BCUT2D eigenvalue weighted by molar-refractivity contribution is 5.88. The summed E-state index contributed by atoms with van der Waals surface area (Å²) in [4.78, 5) is 15.8. The highest BCUT2D eigenvalue weighted by atomic mass is 16.5. The van der Waals surface area contributed by atoms with Crippen molar-refractivity contribution < 1.29 is 14.3 Å². The lowest BCUT2D eigenvalue weighted by molar-refractivity contribution is 0.0526. The summed E-state index contributed by atoms with van der Waals surface area (Å²) >= 11 is 0. The maximum absolute atomic E-state index is 11.6. The lowest BCUT2D eigenvalue weighted by atomic mass is 10.3. The van der Waals surface area contributed by atoms with Crippen molar-refractivity contribution in [1.82, 2.24) is 14.8 Å². The van der Waals surface area contributed by atoms with Crippen LogP contribution in [-0.2, 0) is 4.74 Å². The summed E-state index contributed by atoms with van der Waals surface area (Å²) in [5.74, 6) is 0.440. The first-order valence-electron chi connectivity index (χ1n) is 6.27. The molecule has 2 rings (SSSR count). The van der Waals surface area contributed by atoms with E-state index in [1.807, 2.05) is 6.92 Å². The SMILES string of the molecule is CCOC(=O)c1cnn(-c2ccc(N)c(OCC)n2)c1. The topological polar surface area (TPSA) is 92.3 Å². The number of hydrogen-bond acceptors (Lipinski definition) is 6. The monoisotopic (exact) mass is 276 g/mol. The van der Waals surface area contributed by atoms with E-state index in [2.05, 4.69) is 10.1 Å². The summed E-state index contributed by atoms with van der Waals surface area (Å²) < 4.78 is 11.7. The Balaban J connectivity index is 2.28. The second-order valence-corrected chi connectivity index (χ2v) is 3.89. The summed E-state index contributed by atoms with van der Waals surface area (Å²) in [7, 11) is 0. The van der Waals surface area contributed by atoms with Crippen molar-refractivity contribution in [2.75, 3.05) is 18.9 Å². The number of ether oxygens (including phenoxy) is 2. The Hall–Kier alpha value is -2.57. The smallest absolute Gasteiger partial charge is 0.341 e. The van der Waals surface area contributed by atoms with Crippen molar-refractivity contribution in [3.05, 3.63) is 30.1 Å². The predicted molar refractivity (Wildman–Crippen MR) is 72.9 cm³/mol. The number of aromatic nitrogens is 3. The largest absolute Gasteiger partial charge is 0.476 e. The molecule has 0 aromatic carbocycles. The molecule has 0 aliphatic heterocycles. The maximum atomic E-state index is 11.6. The molecule has 0 radical (unpaired) electrons. The first kappa shape index (κ1) is 13.9. The number of nitrogens with zero attached hydrogens (tertiary/aromatic N) is 3. The molecule has 0 aliphatic carbocycles. The van der Waals surface area contributed by atoms with Crippen LogP contribution in [-0.4, -0.2) is 33.9 Å². The molecule has 0 saturated heterocycles. The summed E-state index contributed by atoms with van der Waals surface area (Å²) in [6, 6.07) is 3.37. The lowest BCUT2D eigenvalue weighted by Crippen LogP contribution is -2.05. The van der Waals surface area contributed by atoms with Crippen LogP contribution in [0.25, 0.3) is 5.82 Å². The number of anilines is 1. The Morgan fingerprint density at radius 3 is 2.85 bits per heavy atom. The van der Waals surface area contributed by atoms with Crippen LogP contribution >= 0.6 is 0 Å². The zero-order valence-corrected chi connectivity index (χ0v) is 11.4. The van der Waals surface area contributed by atoms with E-state index in [1.54, 1.807) is 25.3 Å². The van der Waals surface area contributed by atoms with Crippen molar-refractivity contribution in [1.29, 1.82) is 0 Å². The number of carbonyl (C=O) groups excluding carboxylic acids is 1. The van der Waals surface area contributed by atoms with E-state index in [4.69, 9.17) is 15.2 Å². The Bertz CT molecular complexity index is 609. The van der Waals surface area contributed by atoms with Crippen molar-refractivity contribution in [2.24, 2.45) is 0 Å². The van der Waals surface area contributed by atoms with Gasteiger partial charge >= 0.3 is 5.97 Å². The molecule has 2 heterocycles. The summed E-state index contributed by atoms with van der Waals surface area (Å²) in [6.45, 7) is 4.38. The van der Waals surface area contributed by atoms with Crippen molar-refractivity contribution in [3.8, 4) is 11.7 Å². The number of nitrogen functional groups attached to an aromatic ring is 1. The van der Waals surface area contributed by atoms with E-state index < -0.39 is 5.97 Å². The Kier molecular flexibility index (Phi) is 4.19. The molecule has 0 spiro atoms. The number of hydrogen-bond donors (Lipinski definition) is 1. The van der Waals surface area contributed by atoms with Gasteiger partial charge in [0.2, 0.25) is 5.88 Å². The lowest BCUT2D eigenvalue weighted by Gasteiger charge is -2.07. The summed E-state index contributed by atoms with van der Waals surface area (Å²) in [5.41, 5.74) is 6.57. The molecule has 2 N–H and O–H groups in total. The maximum Gasteiger partial charge on any atom is 0.341 e. The fraction of sp³-hybridized carbons (Fsp3) is 0.308. The van der Waals surface area contributed by atoms with Crippen LogP contribution in [0.5, 0.6) is 5.88 Å². The molecule has 0 bridgehead atoms. The van der Waals surface area contributed by atoms with Gasteiger partial charge in [0.15, 0.2) is 5.82 Å². The molecule has 0 fully saturated rings. The van der Waals surface area contributed by atoms with Gasteiger partial charge in [-0.05, 0) is 26.0 Å². The van der Waals surface area contributed by atoms with E-state index in [0.29, 0.717) is 36.2 Å². The van der Waals surface area contributed by atoms with Crippen LogP contribution in [0.3, 0.4) is 0 Å². The zero-order valence-electron chi connectivity index (χ0n) is 11.4. The van der Waals surface area contributed by atoms with Gasteiger partial charge in [0, 0.05) is 6.20 Å². The minimum atomic E-state index is -0.417. The molecule has 20 heavy (non-hydrogen) atoms. The van der Waals surface area contributed by atoms with Crippen molar-refractivity contribution in [3.63, 3.8) is 0 Å². The third-order valence-corrected chi connectivity index (χ3v) is 2.48. The molecule has 106 valence electrons. The second-order valence-electron chi connectivity index (χ2n) is 3.89. The average molecular weight is 276 g/mol. The second kappa shape index (κ2) is 6.05. The number of esters is 1. The number of pyridine rings is 1. The van der Waals surface area contributed by atoms with Crippen LogP contribution in [0.4, 0.5) is 5.69 Å². The molecule has 0 amide bonds. The third kappa shape index (κ3) is 2.87. The van der Waals surface area contributed by atoms with Crippen LogP contribution in [0, 0.1) is 0 Å². The van der Waals surface area contributed by atoms with Gasteiger partial charge in [-0.1, -0.05) is 0 Å². The Morgan fingerprint density at radius 1 is 1.35 bits per heavy atom. The van der Waals surface area contributed by atoms with Gasteiger partial charge in [-0.15, -0.1) is 0 Å². The zero-order chi connectivity index (χ0) is 14.5. The number of rotatable bonds is 5. The van der Waals surface area contributed by atoms with Gasteiger partial charge in [-0.2, -0.15) is 10.1 Å². The minimum absolute atomic E-state index is 0.318. The highest BCUT2D eigenvalue weighted by Crippen LogP contribution is 2.20. The van der Waals surface area contributed by atoms with E-state index in [0.717, 1.165) is 0 Å². The van der Waals surface area contributed by atoms with Crippen LogP contribution in [0.2, 0.25) is 0 Å². The van der Waals surface area contributed by atoms with E-state index >= 15 is 0 Å². The molecule has 2 aromatic heterocycles. The first-order valence-corrected chi connectivity index (χ1v) is 6.27. The molecular weight excluding hydrogens is 260 g/mol. The van der Waals surface area contributed by atoms with Crippen molar-refractivity contribution >= 4 is 11.7 Å². The van der Waals surface area contributed by atoms with Crippen LogP contribution in [0.15, 0.2) is 24.5 Å². The standard InChI is InChI=1S/C13H16N4O3/c1-3-19-12-10(14)5-6-11(16-12)17-8-9(7-15-17)13(18)20-4-2/h5-8H,3-4,14H2,1-2H3. The molecule has 0 saturated carbocycles. The van der Waals surface area contributed by atoms with E-state index in [9.17, 15) is 4.79 Å². The highest BCUT2D eigenvalue weighted by Gasteiger charge is 2.12.